The predicted molar refractivity (Wildman–Crippen MR) is 67.4 cm³/mol. The van der Waals surface area contributed by atoms with Crippen molar-refractivity contribution in [3.8, 4) is 0 Å². The van der Waals surface area contributed by atoms with Crippen LogP contribution in [0.5, 0.6) is 0 Å². The maximum atomic E-state index is 11.1. The molecule has 0 aromatic rings. The molecule has 1 atom stereocenters. The van der Waals surface area contributed by atoms with Gasteiger partial charge in [-0.2, -0.15) is 0 Å². The quantitative estimate of drug-likeness (QED) is 0.618. The maximum absolute atomic E-state index is 11.1. The molecule has 0 aliphatic rings. The van der Waals surface area contributed by atoms with Crippen LogP contribution in [0, 0.1) is 5.92 Å². The molecule has 0 saturated heterocycles. The largest absolute Gasteiger partial charge is 0.466 e. The Hall–Kier alpha value is -0.570. The van der Waals surface area contributed by atoms with Crippen LogP contribution in [0.4, 0.5) is 0 Å². The van der Waals surface area contributed by atoms with Gasteiger partial charge in [-0.25, -0.2) is 0 Å². The Labute approximate surface area is 99.9 Å². The van der Waals surface area contributed by atoms with Gasteiger partial charge in [-0.05, 0) is 26.2 Å². The van der Waals surface area contributed by atoms with E-state index in [4.69, 9.17) is 4.74 Å². The van der Waals surface area contributed by atoms with Crippen LogP contribution in [-0.4, -0.2) is 25.2 Å². The van der Waals surface area contributed by atoms with Crippen molar-refractivity contribution in [3.63, 3.8) is 0 Å². The molecule has 0 bridgehead atoms. The maximum Gasteiger partial charge on any atom is 0.307 e. The Kier molecular flexibility index (Phi) is 9.30. The standard InChI is InChI=1S/C13H27NO2/c1-5-16-13(15)9-10-14-12(4)8-6-7-11(2)3/h11-12,14H,5-10H2,1-4H3. The smallest absolute Gasteiger partial charge is 0.307 e. The number of ether oxygens (including phenoxy) is 1. The third kappa shape index (κ3) is 9.97. The lowest BCUT2D eigenvalue weighted by Gasteiger charge is -2.14. The van der Waals surface area contributed by atoms with Gasteiger partial charge in [0.1, 0.15) is 0 Å². The molecule has 0 aromatic carbocycles. The van der Waals surface area contributed by atoms with Crippen LogP contribution in [-0.2, 0) is 9.53 Å². The molecule has 3 heteroatoms. The molecule has 0 heterocycles. The van der Waals surface area contributed by atoms with E-state index >= 15 is 0 Å². The summed E-state index contributed by atoms with van der Waals surface area (Å²) in [6, 6.07) is 0.494. The molecule has 0 rings (SSSR count). The number of rotatable bonds is 9. The first kappa shape index (κ1) is 15.4. The summed E-state index contributed by atoms with van der Waals surface area (Å²) >= 11 is 0. The summed E-state index contributed by atoms with van der Waals surface area (Å²) in [4.78, 5) is 11.1. The van der Waals surface area contributed by atoms with Crippen molar-refractivity contribution in [1.29, 1.82) is 0 Å². The highest BCUT2D eigenvalue weighted by Crippen LogP contribution is 2.08. The van der Waals surface area contributed by atoms with E-state index in [2.05, 4.69) is 26.1 Å². The average Bonchev–Trinajstić information content (AvgIpc) is 2.17. The summed E-state index contributed by atoms with van der Waals surface area (Å²) in [5.41, 5.74) is 0. The second kappa shape index (κ2) is 9.64. The minimum absolute atomic E-state index is 0.107. The van der Waals surface area contributed by atoms with Crippen LogP contribution in [0.2, 0.25) is 0 Å². The van der Waals surface area contributed by atoms with E-state index in [9.17, 15) is 4.79 Å². The SMILES string of the molecule is CCOC(=O)CCNC(C)CCCC(C)C. The summed E-state index contributed by atoms with van der Waals surface area (Å²) in [5, 5.41) is 3.34. The van der Waals surface area contributed by atoms with Gasteiger partial charge in [0, 0.05) is 12.6 Å². The minimum atomic E-state index is -0.107. The predicted octanol–water partition coefficient (Wildman–Crippen LogP) is 2.74. The Bertz CT molecular complexity index is 181. The molecule has 0 aliphatic heterocycles. The molecule has 0 radical (unpaired) electrons. The highest BCUT2D eigenvalue weighted by Gasteiger charge is 2.04. The topological polar surface area (TPSA) is 38.3 Å². The van der Waals surface area contributed by atoms with Crippen molar-refractivity contribution in [2.24, 2.45) is 5.92 Å². The van der Waals surface area contributed by atoms with Gasteiger partial charge in [0.15, 0.2) is 0 Å². The molecule has 16 heavy (non-hydrogen) atoms. The molecular formula is C13H27NO2. The van der Waals surface area contributed by atoms with Gasteiger partial charge in [-0.1, -0.05) is 26.7 Å². The number of carbonyl (C=O) groups is 1. The summed E-state index contributed by atoms with van der Waals surface area (Å²) in [6.45, 7) is 9.70. The van der Waals surface area contributed by atoms with Gasteiger partial charge in [-0.15, -0.1) is 0 Å². The van der Waals surface area contributed by atoms with Crippen LogP contribution in [0.25, 0.3) is 0 Å². The van der Waals surface area contributed by atoms with Crippen LogP contribution in [0.15, 0.2) is 0 Å². The van der Waals surface area contributed by atoms with Crippen molar-refractivity contribution in [2.75, 3.05) is 13.2 Å². The van der Waals surface area contributed by atoms with Crippen LogP contribution in [0.1, 0.15) is 53.4 Å². The van der Waals surface area contributed by atoms with Gasteiger partial charge >= 0.3 is 5.97 Å². The van der Waals surface area contributed by atoms with Crippen LogP contribution >= 0.6 is 0 Å². The van der Waals surface area contributed by atoms with Gasteiger partial charge in [0.05, 0.1) is 13.0 Å². The van der Waals surface area contributed by atoms with E-state index in [1.165, 1.54) is 19.3 Å². The number of hydrogen-bond donors (Lipinski definition) is 1. The molecule has 0 amide bonds. The highest BCUT2D eigenvalue weighted by molar-refractivity contribution is 5.69. The Balaban J connectivity index is 3.36. The van der Waals surface area contributed by atoms with E-state index < -0.39 is 0 Å². The number of nitrogens with one attached hydrogen (secondary N) is 1. The first-order chi connectivity index (χ1) is 7.56. The van der Waals surface area contributed by atoms with Crippen molar-refractivity contribution in [3.05, 3.63) is 0 Å². The number of carbonyl (C=O) groups excluding carboxylic acids is 1. The van der Waals surface area contributed by atoms with Crippen molar-refractivity contribution in [2.45, 2.75) is 59.4 Å². The van der Waals surface area contributed by atoms with Gasteiger partial charge in [-0.3, -0.25) is 4.79 Å². The second-order valence-electron chi connectivity index (χ2n) is 4.73. The van der Waals surface area contributed by atoms with Crippen LogP contribution < -0.4 is 5.32 Å². The fraction of sp³-hybridized carbons (Fsp3) is 0.923. The fourth-order valence-corrected chi connectivity index (χ4v) is 1.59. The van der Waals surface area contributed by atoms with Crippen molar-refractivity contribution >= 4 is 5.97 Å². The molecular weight excluding hydrogens is 202 g/mol. The van der Waals surface area contributed by atoms with E-state index in [0.29, 0.717) is 19.1 Å². The lowest BCUT2D eigenvalue weighted by atomic mass is 10.0. The van der Waals surface area contributed by atoms with E-state index in [1.54, 1.807) is 0 Å². The Morgan fingerprint density at radius 1 is 1.25 bits per heavy atom. The van der Waals surface area contributed by atoms with Gasteiger partial charge < -0.3 is 10.1 Å². The van der Waals surface area contributed by atoms with E-state index in [1.807, 2.05) is 6.92 Å². The zero-order valence-corrected chi connectivity index (χ0v) is 11.2. The Morgan fingerprint density at radius 2 is 1.94 bits per heavy atom. The zero-order valence-electron chi connectivity index (χ0n) is 11.2. The molecule has 96 valence electrons. The molecule has 0 aromatic heterocycles. The number of esters is 1. The first-order valence-corrected chi connectivity index (χ1v) is 6.45. The number of hydrogen-bond acceptors (Lipinski definition) is 3. The van der Waals surface area contributed by atoms with Crippen molar-refractivity contribution < 1.29 is 9.53 Å². The van der Waals surface area contributed by atoms with E-state index in [-0.39, 0.29) is 5.97 Å². The van der Waals surface area contributed by atoms with E-state index in [0.717, 1.165) is 12.5 Å². The third-order valence-corrected chi connectivity index (χ3v) is 2.55. The molecule has 3 nitrogen and oxygen atoms in total. The molecule has 0 saturated carbocycles. The average molecular weight is 229 g/mol. The normalized spacial score (nSPS) is 12.8. The van der Waals surface area contributed by atoms with Gasteiger partial charge in [0.2, 0.25) is 0 Å². The summed E-state index contributed by atoms with van der Waals surface area (Å²) < 4.78 is 4.86. The minimum Gasteiger partial charge on any atom is -0.466 e. The first-order valence-electron chi connectivity index (χ1n) is 6.45. The summed E-state index contributed by atoms with van der Waals surface area (Å²) in [7, 11) is 0. The third-order valence-electron chi connectivity index (χ3n) is 2.55. The van der Waals surface area contributed by atoms with Gasteiger partial charge in [0.25, 0.3) is 0 Å². The highest BCUT2D eigenvalue weighted by atomic mass is 16.5. The lowest BCUT2D eigenvalue weighted by Crippen LogP contribution is -2.28. The van der Waals surface area contributed by atoms with Crippen LogP contribution in [0.3, 0.4) is 0 Å². The molecule has 1 N–H and O–H groups in total. The molecule has 0 aliphatic carbocycles. The monoisotopic (exact) mass is 229 g/mol. The fourth-order valence-electron chi connectivity index (χ4n) is 1.59. The van der Waals surface area contributed by atoms with Crippen molar-refractivity contribution in [1.82, 2.24) is 5.32 Å². The summed E-state index contributed by atoms with van der Waals surface area (Å²) in [5.74, 6) is 0.677. The zero-order chi connectivity index (χ0) is 12.4. The molecule has 0 fully saturated rings. The Morgan fingerprint density at radius 3 is 2.50 bits per heavy atom. The summed E-state index contributed by atoms with van der Waals surface area (Å²) in [6.07, 6.45) is 4.19. The molecule has 0 spiro atoms. The molecule has 1 unspecified atom stereocenters. The lowest BCUT2D eigenvalue weighted by molar-refractivity contribution is -0.142. The second-order valence-corrected chi connectivity index (χ2v) is 4.73.